The third kappa shape index (κ3) is 1.25. The molecule has 2 heteroatoms. The lowest BCUT2D eigenvalue weighted by atomic mass is 9.54. The lowest BCUT2D eigenvalue weighted by Crippen LogP contribution is -2.54. The fourth-order valence-electron chi connectivity index (χ4n) is 2.51. The van der Waals surface area contributed by atoms with Crippen LogP contribution >= 0.6 is 0 Å². The van der Waals surface area contributed by atoms with Crippen LogP contribution in [0.2, 0.25) is 0 Å². The molecule has 1 aromatic heterocycles. The van der Waals surface area contributed by atoms with Crippen LogP contribution in [0.3, 0.4) is 0 Å². The summed E-state index contributed by atoms with van der Waals surface area (Å²) in [6.45, 7) is 4.53. The summed E-state index contributed by atoms with van der Waals surface area (Å²) < 4.78 is 0. The monoisotopic (exact) mass is 190 g/mol. The molecule has 2 rings (SSSR count). The van der Waals surface area contributed by atoms with E-state index in [2.05, 4.69) is 31.0 Å². The summed E-state index contributed by atoms with van der Waals surface area (Å²) in [6, 6.07) is 4.60. The van der Waals surface area contributed by atoms with Crippen molar-refractivity contribution >= 4 is 0 Å². The molecule has 0 bridgehead atoms. The van der Waals surface area contributed by atoms with Gasteiger partial charge in [0.1, 0.15) is 0 Å². The van der Waals surface area contributed by atoms with Gasteiger partial charge >= 0.3 is 0 Å². The Labute approximate surface area is 85.5 Å². The van der Waals surface area contributed by atoms with E-state index in [1.807, 2.05) is 12.4 Å². The van der Waals surface area contributed by atoms with Gasteiger partial charge in [-0.2, -0.15) is 0 Å². The number of hydrogen-bond acceptors (Lipinski definition) is 2. The van der Waals surface area contributed by atoms with Crippen LogP contribution in [0.1, 0.15) is 38.2 Å². The normalized spacial score (nSPS) is 36.5. The summed E-state index contributed by atoms with van der Waals surface area (Å²) in [5.41, 5.74) is 7.77. The van der Waals surface area contributed by atoms with Gasteiger partial charge in [-0.25, -0.2) is 0 Å². The highest BCUT2D eigenvalue weighted by Gasteiger charge is 2.48. The van der Waals surface area contributed by atoms with Gasteiger partial charge in [-0.05, 0) is 41.9 Å². The highest BCUT2D eigenvalue weighted by Crippen LogP contribution is 2.53. The third-order valence-corrected chi connectivity index (χ3v) is 4.00. The molecule has 3 unspecified atom stereocenters. The second-order valence-electron chi connectivity index (χ2n) is 4.53. The predicted octanol–water partition coefficient (Wildman–Crippen LogP) is 2.31. The standard InChI is InChI=1S/C12H18N2/c1-3-12(2)10(8-11(12)13)9-4-6-14-7-5-9/h4-7,10-11H,3,8,13H2,1-2H3. The number of aromatic nitrogens is 1. The smallest absolute Gasteiger partial charge is 0.0270 e. The third-order valence-electron chi connectivity index (χ3n) is 4.00. The zero-order chi connectivity index (χ0) is 10.2. The van der Waals surface area contributed by atoms with Crippen molar-refractivity contribution in [1.82, 2.24) is 4.98 Å². The molecule has 0 aliphatic heterocycles. The van der Waals surface area contributed by atoms with E-state index in [0.717, 1.165) is 12.8 Å². The first kappa shape index (κ1) is 9.66. The van der Waals surface area contributed by atoms with Gasteiger partial charge in [0.2, 0.25) is 0 Å². The van der Waals surface area contributed by atoms with Crippen LogP contribution in [0.5, 0.6) is 0 Å². The van der Waals surface area contributed by atoms with E-state index in [-0.39, 0.29) is 0 Å². The SMILES string of the molecule is CCC1(C)C(N)CC1c1ccncc1. The van der Waals surface area contributed by atoms with Gasteiger partial charge in [0.25, 0.3) is 0 Å². The predicted molar refractivity (Wildman–Crippen MR) is 58.0 cm³/mol. The first-order valence-electron chi connectivity index (χ1n) is 5.34. The minimum Gasteiger partial charge on any atom is -0.327 e. The Hall–Kier alpha value is -0.890. The van der Waals surface area contributed by atoms with E-state index < -0.39 is 0 Å². The lowest BCUT2D eigenvalue weighted by Gasteiger charge is -2.52. The molecule has 0 spiro atoms. The molecule has 1 saturated carbocycles. The van der Waals surface area contributed by atoms with E-state index in [0.29, 0.717) is 17.4 Å². The molecule has 3 atom stereocenters. The quantitative estimate of drug-likeness (QED) is 0.777. The number of rotatable bonds is 2. The fraction of sp³-hybridized carbons (Fsp3) is 0.583. The van der Waals surface area contributed by atoms with Crippen LogP contribution in [0.4, 0.5) is 0 Å². The van der Waals surface area contributed by atoms with Gasteiger partial charge in [0, 0.05) is 18.4 Å². The maximum Gasteiger partial charge on any atom is 0.0270 e. The minimum atomic E-state index is 0.293. The molecule has 1 aromatic rings. The van der Waals surface area contributed by atoms with Crippen molar-refractivity contribution in [1.29, 1.82) is 0 Å². The summed E-state index contributed by atoms with van der Waals surface area (Å²) in [4.78, 5) is 4.05. The molecule has 0 saturated heterocycles. The molecule has 1 heterocycles. The maximum absolute atomic E-state index is 6.08. The molecular weight excluding hydrogens is 172 g/mol. The maximum atomic E-state index is 6.08. The molecular formula is C12H18N2. The fourth-order valence-corrected chi connectivity index (χ4v) is 2.51. The molecule has 0 amide bonds. The van der Waals surface area contributed by atoms with Gasteiger partial charge in [0.05, 0.1) is 0 Å². The van der Waals surface area contributed by atoms with Gasteiger partial charge in [-0.3, -0.25) is 4.98 Å². The van der Waals surface area contributed by atoms with Crippen LogP contribution in [0.25, 0.3) is 0 Å². The zero-order valence-electron chi connectivity index (χ0n) is 8.90. The Bertz CT molecular complexity index is 309. The van der Waals surface area contributed by atoms with Crippen molar-refractivity contribution in [2.75, 3.05) is 0 Å². The molecule has 2 N–H and O–H groups in total. The van der Waals surface area contributed by atoms with Crippen molar-refractivity contribution in [3.05, 3.63) is 30.1 Å². The number of pyridine rings is 1. The van der Waals surface area contributed by atoms with E-state index >= 15 is 0 Å². The summed E-state index contributed by atoms with van der Waals surface area (Å²) in [6.07, 6.45) is 6.01. The van der Waals surface area contributed by atoms with Crippen LogP contribution in [-0.4, -0.2) is 11.0 Å². The van der Waals surface area contributed by atoms with Crippen molar-refractivity contribution in [3.8, 4) is 0 Å². The molecule has 2 nitrogen and oxygen atoms in total. The van der Waals surface area contributed by atoms with Gasteiger partial charge in [-0.1, -0.05) is 13.8 Å². The van der Waals surface area contributed by atoms with Crippen LogP contribution in [0, 0.1) is 5.41 Å². The summed E-state index contributed by atoms with van der Waals surface area (Å²) in [5.74, 6) is 0.630. The number of nitrogens with two attached hydrogens (primary N) is 1. The Morgan fingerprint density at radius 2 is 2.14 bits per heavy atom. The lowest BCUT2D eigenvalue weighted by molar-refractivity contribution is 0.0705. The highest BCUT2D eigenvalue weighted by atomic mass is 14.8. The summed E-state index contributed by atoms with van der Waals surface area (Å²) in [7, 11) is 0. The molecule has 1 aliphatic carbocycles. The zero-order valence-corrected chi connectivity index (χ0v) is 8.90. The van der Waals surface area contributed by atoms with Gasteiger partial charge in [-0.15, -0.1) is 0 Å². The van der Waals surface area contributed by atoms with Crippen LogP contribution < -0.4 is 5.73 Å². The van der Waals surface area contributed by atoms with Crippen LogP contribution in [0.15, 0.2) is 24.5 Å². The first-order valence-corrected chi connectivity index (χ1v) is 5.34. The molecule has 1 aliphatic rings. The topological polar surface area (TPSA) is 38.9 Å². The minimum absolute atomic E-state index is 0.293. The first-order chi connectivity index (χ1) is 6.68. The summed E-state index contributed by atoms with van der Waals surface area (Å²) in [5, 5.41) is 0. The Kier molecular flexibility index (Phi) is 2.31. The Balaban J connectivity index is 2.23. The van der Waals surface area contributed by atoms with Crippen molar-refractivity contribution < 1.29 is 0 Å². The van der Waals surface area contributed by atoms with E-state index in [4.69, 9.17) is 5.73 Å². The van der Waals surface area contributed by atoms with E-state index in [1.165, 1.54) is 5.56 Å². The highest BCUT2D eigenvalue weighted by molar-refractivity contribution is 5.25. The number of nitrogens with zero attached hydrogens (tertiary/aromatic N) is 1. The Morgan fingerprint density at radius 1 is 1.50 bits per heavy atom. The van der Waals surface area contributed by atoms with E-state index in [9.17, 15) is 0 Å². The molecule has 0 aromatic carbocycles. The van der Waals surface area contributed by atoms with Crippen molar-refractivity contribution in [3.63, 3.8) is 0 Å². The van der Waals surface area contributed by atoms with E-state index in [1.54, 1.807) is 0 Å². The largest absolute Gasteiger partial charge is 0.327 e. The second kappa shape index (κ2) is 3.35. The van der Waals surface area contributed by atoms with Crippen molar-refractivity contribution in [2.24, 2.45) is 11.1 Å². The average Bonchev–Trinajstić information content (AvgIpc) is 2.25. The molecule has 1 fully saturated rings. The Morgan fingerprint density at radius 3 is 2.64 bits per heavy atom. The molecule has 14 heavy (non-hydrogen) atoms. The van der Waals surface area contributed by atoms with Gasteiger partial charge in [0.15, 0.2) is 0 Å². The van der Waals surface area contributed by atoms with Crippen molar-refractivity contribution in [2.45, 2.75) is 38.6 Å². The molecule has 76 valence electrons. The second-order valence-corrected chi connectivity index (χ2v) is 4.53. The number of hydrogen-bond donors (Lipinski definition) is 1. The molecule has 0 radical (unpaired) electrons. The van der Waals surface area contributed by atoms with Crippen LogP contribution in [-0.2, 0) is 0 Å². The summed E-state index contributed by atoms with van der Waals surface area (Å²) >= 11 is 0. The average molecular weight is 190 g/mol. The van der Waals surface area contributed by atoms with Gasteiger partial charge < -0.3 is 5.73 Å².